The van der Waals surface area contributed by atoms with Gasteiger partial charge in [0.15, 0.2) is 0 Å². The highest BCUT2D eigenvalue weighted by Gasteiger charge is 2.34. The van der Waals surface area contributed by atoms with E-state index in [1.807, 2.05) is 56.3 Å². The minimum Gasteiger partial charge on any atom is -0.378 e. The lowest BCUT2D eigenvalue weighted by atomic mass is 9.89. The van der Waals surface area contributed by atoms with Crippen LogP contribution in [-0.4, -0.2) is 101 Å². The first-order chi connectivity index (χ1) is 22.5. The van der Waals surface area contributed by atoms with Gasteiger partial charge in [-0.1, -0.05) is 49.6 Å². The Labute approximate surface area is 296 Å². The van der Waals surface area contributed by atoms with Crippen molar-refractivity contribution in [3.05, 3.63) is 71.9 Å². The normalized spacial score (nSPS) is 22.1. The van der Waals surface area contributed by atoms with E-state index < -0.39 is 20.2 Å². The Kier molecular flexibility index (Phi) is 14.2. The summed E-state index contributed by atoms with van der Waals surface area (Å²) in [6.45, 7) is 6.32. The van der Waals surface area contributed by atoms with Crippen molar-refractivity contribution in [1.29, 1.82) is 0 Å². The molecule has 5 rings (SSSR count). The van der Waals surface area contributed by atoms with Crippen molar-refractivity contribution in [2.75, 3.05) is 71.4 Å². The molecule has 2 aromatic rings. The van der Waals surface area contributed by atoms with Gasteiger partial charge in [-0.25, -0.2) is 8.42 Å². The van der Waals surface area contributed by atoms with Crippen LogP contribution in [0.5, 0.6) is 0 Å². The van der Waals surface area contributed by atoms with Gasteiger partial charge in [-0.3, -0.25) is 4.31 Å². The Bertz CT molecular complexity index is 1520. The first-order valence-corrected chi connectivity index (χ1v) is 20.4. The standard InChI is InChI=1S/C36H55N5O4S2.ClH/c1-31-28-40(46(42,43)36-18-16-35(17-19-36)37(2)3)24-10-22-38(30-32-12-6-4-7-13-32)23-11-25-41(29-31)47(44,45)39-26-20-34(21-27-39)33-14-8-5-9-15-33;/h5,8-9,14-19,28,32,34H,4,6-7,10-13,20-27,29-30H2,1-3H3;1H/b31-28-;. The maximum Gasteiger partial charge on any atom is 0.282 e. The number of nitrogens with zero attached hydrogens (tertiary/aromatic N) is 5. The van der Waals surface area contributed by atoms with Crippen LogP contribution >= 0.6 is 12.4 Å². The molecular weight excluding hydrogens is 666 g/mol. The van der Waals surface area contributed by atoms with Crippen LogP contribution in [0, 0.1) is 5.92 Å². The Balaban J connectivity index is 0.00000520. The maximum absolute atomic E-state index is 14.2. The Morgan fingerprint density at radius 3 is 1.96 bits per heavy atom. The molecule has 0 spiro atoms. The Morgan fingerprint density at radius 1 is 0.708 bits per heavy atom. The van der Waals surface area contributed by atoms with E-state index in [0.717, 1.165) is 44.6 Å². The number of hydrogen-bond donors (Lipinski definition) is 0. The zero-order valence-electron chi connectivity index (χ0n) is 29.0. The molecule has 12 heteroatoms. The topological polar surface area (TPSA) is 84.5 Å². The summed E-state index contributed by atoms with van der Waals surface area (Å²) >= 11 is 0. The van der Waals surface area contributed by atoms with Gasteiger partial charge in [0.1, 0.15) is 0 Å². The molecule has 9 nitrogen and oxygen atoms in total. The number of benzene rings is 2. The molecule has 2 aliphatic heterocycles. The van der Waals surface area contributed by atoms with E-state index in [9.17, 15) is 16.8 Å². The van der Waals surface area contributed by atoms with Gasteiger partial charge in [0.25, 0.3) is 20.2 Å². The third kappa shape index (κ3) is 9.97. The molecule has 3 aliphatic rings. The molecule has 1 aliphatic carbocycles. The summed E-state index contributed by atoms with van der Waals surface area (Å²) < 4.78 is 61.1. The van der Waals surface area contributed by atoms with Gasteiger partial charge in [-0.2, -0.15) is 17.0 Å². The van der Waals surface area contributed by atoms with Gasteiger partial charge in [0, 0.05) is 65.3 Å². The van der Waals surface area contributed by atoms with Crippen molar-refractivity contribution in [1.82, 2.24) is 17.8 Å². The minimum atomic E-state index is -3.84. The minimum absolute atomic E-state index is 0. The first-order valence-electron chi connectivity index (χ1n) is 17.5. The number of hydrogen-bond acceptors (Lipinski definition) is 6. The predicted molar refractivity (Wildman–Crippen MR) is 198 cm³/mol. The van der Waals surface area contributed by atoms with Crippen molar-refractivity contribution in [3.63, 3.8) is 0 Å². The van der Waals surface area contributed by atoms with E-state index in [1.54, 1.807) is 26.9 Å². The molecule has 268 valence electrons. The molecule has 2 fully saturated rings. The molecular formula is C36H56ClN5O4S2. The van der Waals surface area contributed by atoms with E-state index in [-0.39, 0.29) is 23.8 Å². The third-order valence-electron chi connectivity index (χ3n) is 10.1. The number of sulfonamides is 1. The molecule has 48 heavy (non-hydrogen) atoms. The molecule has 0 aromatic heterocycles. The van der Waals surface area contributed by atoms with Gasteiger partial charge < -0.3 is 9.80 Å². The molecule has 2 heterocycles. The van der Waals surface area contributed by atoms with Crippen molar-refractivity contribution in [2.45, 2.75) is 75.5 Å². The number of piperidine rings is 1. The maximum atomic E-state index is 14.2. The van der Waals surface area contributed by atoms with Crippen molar-refractivity contribution >= 4 is 38.3 Å². The molecule has 1 saturated carbocycles. The van der Waals surface area contributed by atoms with Gasteiger partial charge >= 0.3 is 0 Å². The zero-order chi connectivity index (χ0) is 33.4. The highest BCUT2D eigenvalue weighted by molar-refractivity contribution is 7.89. The van der Waals surface area contributed by atoms with Crippen LogP contribution in [0.2, 0.25) is 0 Å². The largest absolute Gasteiger partial charge is 0.378 e. The van der Waals surface area contributed by atoms with E-state index in [1.165, 1.54) is 42.0 Å². The van der Waals surface area contributed by atoms with Crippen LogP contribution in [0.1, 0.15) is 76.2 Å². The molecule has 0 unspecified atom stereocenters. The fourth-order valence-electron chi connectivity index (χ4n) is 7.40. The van der Waals surface area contributed by atoms with Crippen LogP contribution in [-0.2, 0) is 20.2 Å². The lowest BCUT2D eigenvalue weighted by Gasteiger charge is -2.36. The lowest BCUT2D eigenvalue weighted by Crippen LogP contribution is -2.48. The number of anilines is 1. The molecule has 0 bridgehead atoms. The SMILES string of the molecule is C/C1=C/N(S(=O)(=O)c2ccc(N(C)C)cc2)CCCN(CC2CCCCC2)CCCN(S(=O)(=O)N2CCC(c3ccccc3)CC2)C1.Cl. The van der Waals surface area contributed by atoms with E-state index in [0.29, 0.717) is 50.0 Å². The summed E-state index contributed by atoms with van der Waals surface area (Å²) in [7, 11) is -3.72. The summed E-state index contributed by atoms with van der Waals surface area (Å²) in [6, 6.07) is 17.3. The summed E-state index contributed by atoms with van der Waals surface area (Å²) in [6.07, 6.45) is 11.0. The highest BCUT2D eigenvalue weighted by Crippen LogP contribution is 2.30. The summed E-state index contributed by atoms with van der Waals surface area (Å²) in [4.78, 5) is 4.64. The highest BCUT2D eigenvalue weighted by atomic mass is 35.5. The van der Waals surface area contributed by atoms with Gasteiger partial charge in [0.05, 0.1) is 4.90 Å². The fourth-order valence-corrected chi connectivity index (χ4v) is 10.6. The molecule has 0 radical (unpaired) electrons. The Hall–Kier alpha value is -2.15. The second-order valence-electron chi connectivity index (χ2n) is 13.9. The number of rotatable bonds is 8. The molecule has 2 aromatic carbocycles. The van der Waals surface area contributed by atoms with Crippen LogP contribution in [0.25, 0.3) is 0 Å². The van der Waals surface area contributed by atoms with Crippen molar-refractivity contribution < 1.29 is 16.8 Å². The molecule has 0 amide bonds. The van der Waals surface area contributed by atoms with Crippen molar-refractivity contribution in [2.24, 2.45) is 5.92 Å². The average molecular weight is 722 g/mol. The second kappa shape index (κ2) is 17.7. The van der Waals surface area contributed by atoms with Crippen molar-refractivity contribution in [3.8, 4) is 0 Å². The van der Waals surface area contributed by atoms with E-state index >= 15 is 0 Å². The van der Waals surface area contributed by atoms with Gasteiger partial charge in [-0.05, 0) is 106 Å². The lowest BCUT2D eigenvalue weighted by molar-refractivity contribution is 0.189. The van der Waals surface area contributed by atoms with Crippen LogP contribution in [0.15, 0.2) is 71.3 Å². The predicted octanol–water partition coefficient (Wildman–Crippen LogP) is 6.17. The summed E-state index contributed by atoms with van der Waals surface area (Å²) in [5.74, 6) is 1.01. The Morgan fingerprint density at radius 2 is 1.33 bits per heavy atom. The monoisotopic (exact) mass is 721 g/mol. The smallest absolute Gasteiger partial charge is 0.282 e. The van der Waals surface area contributed by atoms with Crippen LogP contribution in [0.4, 0.5) is 5.69 Å². The first kappa shape index (κ1) is 38.6. The quantitative estimate of drug-likeness (QED) is 0.324. The van der Waals surface area contributed by atoms with Crippen LogP contribution < -0.4 is 4.90 Å². The third-order valence-corrected chi connectivity index (χ3v) is 13.9. The van der Waals surface area contributed by atoms with E-state index in [2.05, 4.69) is 17.0 Å². The van der Waals surface area contributed by atoms with Gasteiger partial charge in [-0.15, -0.1) is 12.4 Å². The summed E-state index contributed by atoms with van der Waals surface area (Å²) in [5.41, 5.74) is 2.91. The second-order valence-corrected chi connectivity index (χ2v) is 17.7. The van der Waals surface area contributed by atoms with Gasteiger partial charge in [0.2, 0.25) is 0 Å². The zero-order valence-corrected chi connectivity index (χ0v) is 31.5. The molecule has 1 saturated heterocycles. The number of halogens is 1. The van der Waals surface area contributed by atoms with E-state index in [4.69, 9.17) is 0 Å². The fraction of sp³-hybridized carbons (Fsp3) is 0.611. The molecule has 0 atom stereocenters. The molecule has 0 N–H and O–H groups in total. The average Bonchev–Trinajstić information content (AvgIpc) is 3.07. The summed E-state index contributed by atoms with van der Waals surface area (Å²) in [5, 5.41) is 0. The van der Waals surface area contributed by atoms with Crippen LogP contribution in [0.3, 0.4) is 0 Å².